The number of hydrogen-bond acceptors (Lipinski definition) is 5. The molecule has 1 aromatic carbocycles. The SMILES string of the molecule is C#Cc1cnn(CCCCCc2cccc3nc(C)n(C4CCC(=O)NC4=O)c(=O)c23)c1. The van der Waals surface area contributed by atoms with Crippen molar-refractivity contribution in [3.63, 3.8) is 0 Å². The van der Waals surface area contributed by atoms with Crippen LogP contribution in [0.25, 0.3) is 10.9 Å². The Morgan fingerprint density at radius 3 is 2.81 bits per heavy atom. The first-order valence-corrected chi connectivity index (χ1v) is 10.8. The zero-order chi connectivity index (χ0) is 22.7. The van der Waals surface area contributed by atoms with Gasteiger partial charge in [0.1, 0.15) is 11.9 Å². The average Bonchev–Trinajstić information content (AvgIpc) is 3.23. The summed E-state index contributed by atoms with van der Waals surface area (Å²) in [6.07, 6.45) is 13.0. The van der Waals surface area contributed by atoms with Crippen molar-refractivity contribution in [3.05, 3.63) is 57.9 Å². The summed E-state index contributed by atoms with van der Waals surface area (Å²) in [5, 5.41) is 7.11. The van der Waals surface area contributed by atoms with Crippen molar-refractivity contribution in [2.75, 3.05) is 0 Å². The van der Waals surface area contributed by atoms with E-state index in [0.717, 1.165) is 43.4 Å². The van der Waals surface area contributed by atoms with Gasteiger partial charge in [0.05, 0.1) is 22.7 Å². The third-order valence-corrected chi connectivity index (χ3v) is 5.85. The first kappa shape index (κ1) is 21.5. The minimum atomic E-state index is -0.716. The lowest BCUT2D eigenvalue weighted by Crippen LogP contribution is -2.45. The predicted octanol–water partition coefficient (Wildman–Crippen LogP) is 2.27. The van der Waals surface area contributed by atoms with E-state index in [4.69, 9.17) is 6.42 Å². The monoisotopic (exact) mass is 431 g/mol. The highest BCUT2D eigenvalue weighted by atomic mass is 16.2. The number of unbranched alkanes of at least 4 members (excludes halogenated alkanes) is 2. The van der Waals surface area contributed by atoms with Crippen molar-refractivity contribution >= 4 is 22.7 Å². The summed E-state index contributed by atoms with van der Waals surface area (Å²) in [6, 6.07) is 4.96. The molecule has 2 amide bonds. The van der Waals surface area contributed by atoms with E-state index in [9.17, 15) is 14.4 Å². The van der Waals surface area contributed by atoms with Crippen LogP contribution in [0.4, 0.5) is 0 Å². The molecule has 8 nitrogen and oxygen atoms in total. The molecule has 1 aliphatic rings. The van der Waals surface area contributed by atoms with Crippen LogP contribution in [0.5, 0.6) is 0 Å². The maximum absolute atomic E-state index is 13.4. The van der Waals surface area contributed by atoms with Gasteiger partial charge in [-0.3, -0.25) is 28.9 Å². The van der Waals surface area contributed by atoms with Crippen molar-refractivity contribution < 1.29 is 9.59 Å². The van der Waals surface area contributed by atoms with Crippen molar-refractivity contribution in [2.45, 2.75) is 58.0 Å². The minimum absolute atomic E-state index is 0.209. The second-order valence-electron chi connectivity index (χ2n) is 8.06. The number of piperidine rings is 1. The number of aryl methyl sites for hydroxylation is 3. The quantitative estimate of drug-likeness (QED) is 0.352. The molecule has 4 rings (SSSR count). The molecule has 1 unspecified atom stereocenters. The summed E-state index contributed by atoms with van der Waals surface area (Å²) in [5.74, 6) is 2.28. The molecule has 0 spiro atoms. The molecule has 0 radical (unpaired) electrons. The predicted molar refractivity (Wildman–Crippen MR) is 120 cm³/mol. The maximum Gasteiger partial charge on any atom is 0.262 e. The highest BCUT2D eigenvalue weighted by Crippen LogP contribution is 2.22. The van der Waals surface area contributed by atoms with Gasteiger partial charge in [0.25, 0.3) is 5.56 Å². The Labute approximate surface area is 185 Å². The fraction of sp³-hybridized carbons (Fsp3) is 0.375. The smallest absolute Gasteiger partial charge is 0.262 e. The number of carbonyl (C=O) groups is 2. The fourth-order valence-corrected chi connectivity index (χ4v) is 4.25. The summed E-state index contributed by atoms with van der Waals surface area (Å²) in [6.45, 7) is 2.51. The van der Waals surface area contributed by atoms with E-state index in [2.05, 4.69) is 21.3 Å². The van der Waals surface area contributed by atoms with E-state index in [1.165, 1.54) is 4.57 Å². The largest absolute Gasteiger partial charge is 0.295 e. The summed E-state index contributed by atoms with van der Waals surface area (Å²) in [4.78, 5) is 41.9. The van der Waals surface area contributed by atoms with Crippen LogP contribution in [-0.2, 0) is 22.6 Å². The standard InChI is InChI=1S/C24H25N5O3/c1-3-17-14-25-28(15-17)13-6-4-5-8-18-9-7-10-19-22(18)24(32)29(16(2)26-19)20-11-12-21(30)27-23(20)31/h1,7,9-10,14-15,20H,4-6,8,11-13H2,2H3,(H,27,30,31). The van der Waals surface area contributed by atoms with Gasteiger partial charge in [-0.1, -0.05) is 24.5 Å². The number of aromatic nitrogens is 4. The molecule has 164 valence electrons. The molecular formula is C24H25N5O3. The lowest BCUT2D eigenvalue weighted by molar-refractivity contribution is -0.135. The molecule has 1 N–H and O–H groups in total. The molecule has 0 aliphatic carbocycles. The Kier molecular flexibility index (Phi) is 6.17. The second kappa shape index (κ2) is 9.18. The topological polar surface area (TPSA) is 98.9 Å². The first-order chi connectivity index (χ1) is 15.5. The van der Waals surface area contributed by atoms with Crippen LogP contribution < -0.4 is 10.9 Å². The van der Waals surface area contributed by atoms with Crippen LogP contribution in [0.1, 0.15) is 55.1 Å². The van der Waals surface area contributed by atoms with Gasteiger partial charge in [0, 0.05) is 19.2 Å². The molecule has 1 saturated heterocycles. The molecule has 3 heterocycles. The van der Waals surface area contributed by atoms with Crippen molar-refractivity contribution in [1.82, 2.24) is 24.6 Å². The normalized spacial score (nSPS) is 16.2. The van der Waals surface area contributed by atoms with Gasteiger partial charge in [0.15, 0.2) is 0 Å². The lowest BCUT2D eigenvalue weighted by atomic mass is 10.0. The number of terminal acetylenes is 1. The Hall–Kier alpha value is -3.73. The average molecular weight is 431 g/mol. The van der Waals surface area contributed by atoms with Crippen LogP contribution in [0.2, 0.25) is 0 Å². The van der Waals surface area contributed by atoms with Gasteiger partial charge < -0.3 is 0 Å². The fourth-order valence-electron chi connectivity index (χ4n) is 4.25. The van der Waals surface area contributed by atoms with E-state index >= 15 is 0 Å². The summed E-state index contributed by atoms with van der Waals surface area (Å²) in [5.41, 5.74) is 2.11. The first-order valence-electron chi connectivity index (χ1n) is 10.8. The number of rotatable bonds is 7. The van der Waals surface area contributed by atoms with Crippen LogP contribution >= 0.6 is 0 Å². The number of fused-ring (bicyclic) bond motifs is 1. The van der Waals surface area contributed by atoms with Crippen molar-refractivity contribution in [1.29, 1.82) is 0 Å². The third-order valence-electron chi connectivity index (χ3n) is 5.85. The number of amides is 2. The maximum atomic E-state index is 13.4. The molecule has 32 heavy (non-hydrogen) atoms. The second-order valence-corrected chi connectivity index (χ2v) is 8.06. The number of carbonyl (C=O) groups excluding carboxylic acids is 2. The zero-order valence-electron chi connectivity index (χ0n) is 18.0. The van der Waals surface area contributed by atoms with E-state index in [0.29, 0.717) is 23.1 Å². The van der Waals surface area contributed by atoms with Gasteiger partial charge in [0.2, 0.25) is 11.8 Å². The van der Waals surface area contributed by atoms with Crippen LogP contribution in [-0.4, -0.2) is 31.1 Å². The molecule has 2 aromatic heterocycles. The van der Waals surface area contributed by atoms with Gasteiger partial charge in [-0.15, -0.1) is 6.42 Å². The van der Waals surface area contributed by atoms with Gasteiger partial charge in [-0.05, 0) is 44.2 Å². The van der Waals surface area contributed by atoms with Crippen LogP contribution in [0, 0.1) is 19.3 Å². The van der Waals surface area contributed by atoms with Gasteiger partial charge in [-0.2, -0.15) is 5.10 Å². The molecule has 1 aliphatic heterocycles. The number of nitrogens with one attached hydrogen (secondary N) is 1. The molecule has 1 fully saturated rings. The number of benzene rings is 1. The van der Waals surface area contributed by atoms with E-state index in [1.807, 2.05) is 29.1 Å². The Balaban J connectivity index is 1.51. The Morgan fingerprint density at radius 2 is 2.06 bits per heavy atom. The van der Waals surface area contributed by atoms with Gasteiger partial charge >= 0.3 is 0 Å². The van der Waals surface area contributed by atoms with Crippen molar-refractivity contribution in [3.8, 4) is 12.3 Å². The Bertz CT molecular complexity index is 1280. The lowest BCUT2D eigenvalue weighted by Gasteiger charge is -2.24. The number of nitrogens with zero attached hydrogens (tertiary/aromatic N) is 4. The molecule has 1 atom stereocenters. The third kappa shape index (κ3) is 4.33. The molecule has 0 saturated carbocycles. The molecule has 3 aromatic rings. The summed E-state index contributed by atoms with van der Waals surface area (Å²) >= 11 is 0. The van der Waals surface area contributed by atoms with Gasteiger partial charge in [-0.25, -0.2) is 4.98 Å². The summed E-state index contributed by atoms with van der Waals surface area (Å²) < 4.78 is 3.28. The van der Waals surface area contributed by atoms with E-state index in [-0.39, 0.29) is 17.9 Å². The number of hydrogen-bond donors (Lipinski definition) is 1. The van der Waals surface area contributed by atoms with E-state index < -0.39 is 11.9 Å². The van der Waals surface area contributed by atoms with E-state index in [1.54, 1.807) is 13.1 Å². The molecule has 8 heteroatoms. The minimum Gasteiger partial charge on any atom is -0.295 e. The molecular weight excluding hydrogens is 406 g/mol. The zero-order valence-corrected chi connectivity index (χ0v) is 18.0. The van der Waals surface area contributed by atoms with Crippen LogP contribution in [0.15, 0.2) is 35.4 Å². The van der Waals surface area contributed by atoms with Crippen LogP contribution in [0.3, 0.4) is 0 Å². The highest BCUT2D eigenvalue weighted by molar-refractivity contribution is 5.99. The highest BCUT2D eigenvalue weighted by Gasteiger charge is 2.30. The summed E-state index contributed by atoms with van der Waals surface area (Å²) in [7, 11) is 0. The molecule has 0 bridgehead atoms. The number of imide groups is 1. The Morgan fingerprint density at radius 1 is 1.22 bits per heavy atom. The van der Waals surface area contributed by atoms with Crippen molar-refractivity contribution in [2.24, 2.45) is 0 Å².